The minimum absolute atomic E-state index is 0.0199. The molecule has 4 rings (SSSR count). The molecule has 1 N–H and O–H groups in total. The Morgan fingerprint density at radius 1 is 1.17 bits per heavy atom. The largest absolute Gasteiger partial charge is 0.469 e. The number of nitrogens with one attached hydrogen (secondary N) is 1. The highest BCUT2D eigenvalue weighted by Crippen LogP contribution is 2.64. The lowest BCUT2D eigenvalue weighted by atomic mass is 9.86. The first kappa shape index (κ1) is 20.7. The van der Waals surface area contributed by atoms with Crippen LogP contribution >= 0.6 is 0 Å². The Bertz CT molecular complexity index is 906. The Morgan fingerprint density at radius 2 is 1.90 bits per heavy atom. The molecule has 0 radical (unpaired) electrons. The number of hydrogen-bond donors (Lipinski definition) is 1. The molecule has 5 heteroatoms. The predicted octanol–water partition coefficient (Wildman–Crippen LogP) is 4.08. The summed E-state index contributed by atoms with van der Waals surface area (Å²) in [6, 6.07) is 14.3. The van der Waals surface area contributed by atoms with Gasteiger partial charge in [-0.25, -0.2) is 0 Å². The number of hydrogen-bond acceptors (Lipinski definition) is 3. The number of amides is 2. The quantitative estimate of drug-likeness (QED) is 0.716. The molecule has 1 aromatic carbocycles. The van der Waals surface area contributed by atoms with Gasteiger partial charge >= 0.3 is 0 Å². The summed E-state index contributed by atoms with van der Waals surface area (Å²) in [4.78, 5) is 26.9. The summed E-state index contributed by atoms with van der Waals surface area (Å²) in [7, 11) is 1.91. The highest BCUT2D eigenvalue weighted by molar-refractivity contribution is 5.80. The summed E-state index contributed by atoms with van der Waals surface area (Å²) in [6.45, 7) is 5.29. The molecular formula is C25H32N2O3. The van der Waals surface area contributed by atoms with Gasteiger partial charge in [-0.2, -0.15) is 0 Å². The average molecular weight is 409 g/mol. The molecule has 2 aliphatic rings. The number of rotatable bonds is 8. The first-order valence-electron chi connectivity index (χ1n) is 10.9. The van der Waals surface area contributed by atoms with Crippen LogP contribution in [-0.4, -0.2) is 35.8 Å². The van der Waals surface area contributed by atoms with Crippen molar-refractivity contribution in [3.8, 4) is 0 Å². The van der Waals surface area contributed by atoms with Gasteiger partial charge in [0.1, 0.15) is 5.76 Å². The number of benzene rings is 1. The van der Waals surface area contributed by atoms with Gasteiger partial charge in [0, 0.05) is 43.8 Å². The third-order valence-corrected chi connectivity index (χ3v) is 7.32. The zero-order valence-corrected chi connectivity index (χ0v) is 18.2. The molecule has 0 spiro atoms. The fraction of sp³-hybridized carbons (Fsp3) is 0.520. The van der Waals surface area contributed by atoms with Gasteiger partial charge < -0.3 is 14.6 Å². The van der Waals surface area contributed by atoms with Crippen molar-refractivity contribution in [1.29, 1.82) is 0 Å². The summed E-state index contributed by atoms with van der Waals surface area (Å²) >= 11 is 0. The van der Waals surface area contributed by atoms with Gasteiger partial charge in [-0.15, -0.1) is 0 Å². The van der Waals surface area contributed by atoms with E-state index in [1.54, 1.807) is 6.26 Å². The third kappa shape index (κ3) is 3.90. The second-order valence-corrected chi connectivity index (χ2v) is 9.84. The van der Waals surface area contributed by atoms with Crippen LogP contribution in [0.3, 0.4) is 0 Å². The van der Waals surface area contributed by atoms with E-state index in [2.05, 4.69) is 43.4 Å². The Labute approximate surface area is 178 Å². The Kier molecular flexibility index (Phi) is 5.25. The zero-order chi connectivity index (χ0) is 21.4. The van der Waals surface area contributed by atoms with E-state index in [0.29, 0.717) is 25.7 Å². The minimum Gasteiger partial charge on any atom is -0.469 e. The highest BCUT2D eigenvalue weighted by atomic mass is 16.3. The minimum atomic E-state index is -0.387. The fourth-order valence-corrected chi connectivity index (χ4v) is 5.28. The Balaban J connectivity index is 1.41. The van der Waals surface area contributed by atoms with Crippen LogP contribution < -0.4 is 5.32 Å². The molecule has 5 nitrogen and oxygen atoms in total. The molecule has 30 heavy (non-hydrogen) atoms. The number of carbonyl (C=O) groups excluding carboxylic acids is 2. The van der Waals surface area contributed by atoms with E-state index in [-0.39, 0.29) is 28.2 Å². The van der Waals surface area contributed by atoms with Crippen LogP contribution in [0.2, 0.25) is 0 Å². The molecule has 1 aliphatic carbocycles. The zero-order valence-electron chi connectivity index (χ0n) is 18.2. The van der Waals surface area contributed by atoms with Crippen LogP contribution in [0.25, 0.3) is 0 Å². The van der Waals surface area contributed by atoms with Gasteiger partial charge in [-0.05, 0) is 42.4 Å². The standard InChI is InChI=1S/C25H32N2O3/c1-23(2)17-25(23,19-8-5-4-6-9-19)18-27(3)22(29)12-14-24(13-11-21(28)26-24)16-20-10-7-15-30-20/h4-10,15H,11-14,16-18H2,1-3H3,(H,26,28)/t24-,25-/m0/s1. The maximum Gasteiger partial charge on any atom is 0.222 e. The normalized spacial score (nSPS) is 27.0. The highest BCUT2D eigenvalue weighted by Gasteiger charge is 2.62. The lowest BCUT2D eigenvalue weighted by Gasteiger charge is -2.31. The number of carbonyl (C=O) groups is 2. The van der Waals surface area contributed by atoms with Gasteiger partial charge in [0.2, 0.25) is 11.8 Å². The van der Waals surface area contributed by atoms with Crippen molar-refractivity contribution in [3.63, 3.8) is 0 Å². The molecule has 160 valence electrons. The molecule has 2 aromatic rings. The second-order valence-electron chi connectivity index (χ2n) is 9.84. The van der Waals surface area contributed by atoms with Gasteiger partial charge in [-0.1, -0.05) is 44.2 Å². The van der Waals surface area contributed by atoms with Crippen molar-refractivity contribution in [3.05, 3.63) is 60.1 Å². The van der Waals surface area contributed by atoms with Crippen LogP contribution in [-0.2, 0) is 21.4 Å². The van der Waals surface area contributed by atoms with Crippen molar-refractivity contribution in [2.24, 2.45) is 5.41 Å². The molecule has 0 bridgehead atoms. The van der Waals surface area contributed by atoms with Crippen LogP contribution in [0.1, 0.15) is 57.3 Å². The topological polar surface area (TPSA) is 62.6 Å². The summed E-state index contributed by atoms with van der Waals surface area (Å²) in [6.07, 6.45) is 5.66. The lowest BCUT2D eigenvalue weighted by molar-refractivity contribution is -0.131. The molecule has 0 unspecified atom stereocenters. The smallest absolute Gasteiger partial charge is 0.222 e. The van der Waals surface area contributed by atoms with E-state index in [1.807, 2.05) is 30.1 Å². The van der Waals surface area contributed by atoms with E-state index >= 15 is 0 Å². The van der Waals surface area contributed by atoms with Crippen molar-refractivity contribution in [2.75, 3.05) is 13.6 Å². The van der Waals surface area contributed by atoms with Crippen LogP contribution in [0, 0.1) is 5.41 Å². The summed E-state index contributed by atoms with van der Waals surface area (Å²) in [5.41, 5.74) is 1.13. The average Bonchev–Trinajstić information content (AvgIpc) is 3.08. The summed E-state index contributed by atoms with van der Waals surface area (Å²) in [5.74, 6) is 1.04. The molecule has 2 atom stereocenters. The number of likely N-dealkylation sites (N-methyl/N-ethyl adjacent to an activating group) is 1. The van der Waals surface area contributed by atoms with Crippen molar-refractivity contribution >= 4 is 11.8 Å². The third-order valence-electron chi connectivity index (χ3n) is 7.32. The molecule has 1 saturated heterocycles. The van der Waals surface area contributed by atoms with Gasteiger partial charge in [0.15, 0.2) is 0 Å². The summed E-state index contributed by atoms with van der Waals surface area (Å²) in [5, 5.41) is 3.13. The fourth-order valence-electron chi connectivity index (χ4n) is 5.28. The van der Waals surface area contributed by atoms with E-state index in [0.717, 1.165) is 25.1 Å². The maximum absolute atomic E-state index is 13.1. The Hall–Kier alpha value is -2.56. The number of nitrogens with zero attached hydrogens (tertiary/aromatic N) is 1. The summed E-state index contributed by atoms with van der Waals surface area (Å²) < 4.78 is 5.51. The van der Waals surface area contributed by atoms with Crippen molar-refractivity contribution in [1.82, 2.24) is 10.2 Å². The second kappa shape index (κ2) is 7.60. The van der Waals surface area contributed by atoms with Gasteiger partial charge in [0.05, 0.1) is 6.26 Å². The predicted molar refractivity (Wildman–Crippen MR) is 116 cm³/mol. The maximum atomic E-state index is 13.1. The number of furan rings is 1. The molecule has 2 amide bonds. The molecule has 2 fully saturated rings. The molecule has 2 heterocycles. The Morgan fingerprint density at radius 3 is 2.47 bits per heavy atom. The van der Waals surface area contributed by atoms with Crippen LogP contribution in [0.15, 0.2) is 53.1 Å². The van der Waals surface area contributed by atoms with E-state index in [4.69, 9.17) is 4.42 Å². The molecule has 1 aromatic heterocycles. The molecule has 1 aliphatic heterocycles. The van der Waals surface area contributed by atoms with Crippen LogP contribution in [0.5, 0.6) is 0 Å². The van der Waals surface area contributed by atoms with E-state index in [1.165, 1.54) is 5.56 Å². The lowest BCUT2D eigenvalue weighted by Crippen LogP contribution is -2.45. The monoisotopic (exact) mass is 408 g/mol. The van der Waals surface area contributed by atoms with E-state index in [9.17, 15) is 9.59 Å². The SMILES string of the molecule is CN(C[C@]1(c2ccccc2)CC1(C)C)C(=O)CC[C@]1(Cc2ccco2)CCC(=O)N1. The van der Waals surface area contributed by atoms with Gasteiger partial charge in [-0.3, -0.25) is 9.59 Å². The first-order chi connectivity index (χ1) is 14.3. The van der Waals surface area contributed by atoms with Crippen molar-refractivity contribution < 1.29 is 14.0 Å². The van der Waals surface area contributed by atoms with E-state index < -0.39 is 0 Å². The first-order valence-corrected chi connectivity index (χ1v) is 10.9. The molecular weight excluding hydrogens is 376 g/mol. The molecule has 1 saturated carbocycles. The van der Waals surface area contributed by atoms with Gasteiger partial charge in [0.25, 0.3) is 0 Å². The van der Waals surface area contributed by atoms with Crippen LogP contribution in [0.4, 0.5) is 0 Å². The van der Waals surface area contributed by atoms with Crippen molar-refractivity contribution in [2.45, 2.75) is 63.3 Å².